The first kappa shape index (κ1) is 79.8. The lowest BCUT2D eigenvalue weighted by molar-refractivity contribution is -0.124. The van der Waals surface area contributed by atoms with Crippen LogP contribution in [0, 0.1) is 24.7 Å². The number of nitrogens with one attached hydrogen (secondary N) is 1. The Labute approximate surface area is 568 Å². The molecule has 0 saturated heterocycles. The third kappa shape index (κ3) is 25.8. The fourth-order valence-electron chi connectivity index (χ4n) is 8.53. The Balaban J connectivity index is 0.000000317. The van der Waals surface area contributed by atoms with Crippen molar-refractivity contribution >= 4 is 63.0 Å². The summed E-state index contributed by atoms with van der Waals surface area (Å²) in [5, 5.41) is 21.3. The van der Waals surface area contributed by atoms with Gasteiger partial charge in [0.2, 0.25) is 5.78 Å². The van der Waals surface area contributed by atoms with Crippen molar-refractivity contribution in [1.29, 1.82) is 0 Å². The molecule has 22 heteroatoms. The summed E-state index contributed by atoms with van der Waals surface area (Å²) in [7, 11) is 0. The molecule has 0 unspecified atom stereocenters. The third-order valence-electron chi connectivity index (χ3n) is 14.2. The number of carbonyl (C=O) groups excluding carboxylic acids is 2. The first-order valence-electron chi connectivity index (χ1n) is 31.7. The molecule has 8 aromatic rings. The van der Waals surface area contributed by atoms with Crippen molar-refractivity contribution in [2.45, 2.75) is 219 Å². The highest BCUT2D eigenvalue weighted by Gasteiger charge is 2.25. The molecule has 8 rings (SSSR count). The van der Waals surface area contributed by atoms with Crippen molar-refractivity contribution < 1.29 is 14.0 Å². The second kappa shape index (κ2) is 35.7. The highest BCUT2D eigenvalue weighted by atomic mass is 32.1. The number of nitrogens with two attached hydrogens (primary N) is 3. The van der Waals surface area contributed by atoms with Crippen LogP contribution in [-0.2, 0) is 71.9 Å². The fourth-order valence-corrected chi connectivity index (χ4v) is 9.78. The van der Waals surface area contributed by atoms with Crippen LogP contribution in [0.3, 0.4) is 0 Å². The number of hydrogen-bond donors (Lipinski definition) is 4. The molecule has 6 aromatic heterocycles. The topological polar surface area (TPSA) is 231 Å². The fraction of sp³-hybridized carbons (Fsp3) is 0.507. The predicted octanol–water partition coefficient (Wildman–Crippen LogP) is 14.7. The van der Waals surface area contributed by atoms with Gasteiger partial charge in [-0.3, -0.25) is 39.6 Å². The smallest absolute Gasteiger partial charge is 0.272 e. The van der Waals surface area contributed by atoms with Gasteiger partial charge in [0.05, 0.1) is 56.2 Å². The summed E-state index contributed by atoms with van der Waals surface area (Å²) in [6.07, 6.45) is 5.70. The summed E-state index contributed by atoms with van der Waals surface area (Å²) in [6, 6.07) is 22.9. The SMILES string of the molecule is CCNN.CCn1nc(C(C)(C)C)cc1CC(=S)CC(=O)c1ccccc1.CCn1nc(C(C)(C)C)cc1CC(N)=S.CCn1nc(C(C)(C)C)cc1Cc1nc(-c2ccc(-n3cnc(C)c3)c(F)c2)cs1.CCn1nc(C(C)(C)C)cc1N.[C-]#[N+]CC(=O)C(C)(C)C. The van der Waals surface area contributed by atoms with Gasteiger partial charge in [0.15, 0.2) is 5.78 Å². The molecule has 7 N–H and O–H groups in total. The number of imidazole rings is 1. The highest BCUT2D eigenvalue weighted by Crippen LogP contribution is 2.30. The summed E-state index contributed by atoms with van der Waals surface area (Å²) < 4.78 is 24.2. The maximum Gasteiger partial charge on any atom is 0.272 e. The number of thiocarbonyl (C=S) groups is 2. The van der Waals surface area contributed by atoms with E-state index in [0.29, 0.717) is 35.5 Å². The number of anilines is 1. The van der Waals surface area contributed by atoms with Crippen molar-refractivity contribution in [3.05, 3.63) is 164 Å². The summed E-state index contributed by atoms with van der Waals surface area (Å²) in [4.78, 5) is 36.3. The minimum atomic E-state index is -0.343. The van der Waals surface area contributed by atoms with Gasteiger partial charge >= 0.3 is 0 Å². The first-order valence-corrected chi connectivity index (χ1v) is 33.4. The van der Waals surface area contributed by atoms with Crippen LogP contribution in [0.25, 0.3) is 21.8 Å². The van der Waals surface area contributed by atoms with Gasteiger partial charge in [0.1, 0.15) is 11.6 Å². The van der Waals surface area contributed by atoms with Crippen LogP contribution >= 0.6 is 35.8 Å². The molecule has 93 heavy (non-hydrogen) atoms. The van der Waals surface area contributed by atoms with E-state index in [4.69, 9.17) is 58.4 Å². The van der Waals surface area contributed by atoms with Crippen LogP contribution in [0.15, 0.2) is 90.7 Å². The molecule has 0 spiro atoms. The van der Waals surface area contributed by atoms with E-state index in [1.54, 1.807) is 28.3 Å². The zero-order valence-corrected chi connectivity index (χ0v) is 61.7. The van der Waals surface area contributed by atoms with E-state index in [9.17, 15) is 14.0 Å². The number of hydrazine groups is 1. The Bertz CT molecular complexity index is 3710. The molecule has 0 aliphatic rings. The van der Waals surface area contributed by atoms with E-state index in [0.717, 1.165) is 112 Å². The lowest BCUT2D eigenvalue weighted by Crippen LogP contribution is -2.21. The molecule has 0 aliphatic carbocycles. The monoisotopic (exact) mass is 1330 g/mol. The molecule has 0 atom stereocenters. The van der Waals surface area contributed by atoms with E-state index < -0.39 is 0 Å². The lowest BCUT2D eigenvalue weighted by Gasteiger charge is -2.14. The summed E-state index contributed by atoms with van der Waals surface area (Å²) in [6.45, 7) is 54.0. The van der Waals surface area contributed by atoms with Crippen LogP contribution in [-0.4, -0.2) is 88.2 Å². The van der Waals surface area contributed by atoms with Crippen molar-refractivity contribution in [1.82, 2.24) is 59.1 Å². The van der Waals surface area contributed by atoms with Gasteiger partial charge in [-0.2, -0.15) is 20.4 Å². The van der Waals surface area contributed by atoms with Crippen molar-refractivity contribution in [3.8, 4) is 16.9 Å². The lowest BCUT2D eigenvalue weighted by atomic mass is 9.91. The van der Waals surface area contributed by atoms with Gasteiger partial charge in [-0.1, -0.05) is 172 Å². The zero-order chi connectivity index (χ0) is 70.4. The molecule has 0 fully saturated rings. The Morgan fingerprint density at radius 2 is 1.13 bits per heavy atom. The number of hydrogen-bond acceptors (Lipinski definition) is 14. The molecule has 0 radical (unpaired) electrons. The minimum Gasteiger partial charge on any atom is -0.393 e. The Morgan fingerprint density at radius 1 is 0.667 bits per heavy atom. The Morgan fingerprint density at radius 3 is 1.52 bits per heavy atom. The average Bonchev–Trinajstić information content (AvgIpc) is 1.77. The number of nitrogens with zero attached hydrogens (tertiary/aromatic N) is 12. The predicted molar refractivity (Wildman–Crippen MR) is 389 cm³/mol. The van der Waals surface area contributed by atoms with Crippen LogP contribution in [0.1, 0.15) is 206 Å². The normalized spacial score (nSPS) is 11.5. The zero-order valence-electron chi connectivity index (χ0n) is 59.2. The number of ketones is 2. The van der Waals surface area contributed by atoms with E-state index in [2.05, 4.69) is 153 Å². The molecular weight excluding hydrogens is 1220 g/mol. The number of nitrogen functional groups attached to an aromatic ring is 1. The largest absolute Gasteiger partial charge is 0.393 e. The van der Waals surface area contributed by atoms with Gasteiger partial charge in [-0.15, -0.1) is 11.3 Å². The van der Waals surface area contributed by atoms with E-state index in [1.807, 2.05) is 114 Å². The molecule has 6 heterocycles. The summed E-state index contributed by atoms with van der Waals surface area (Å²) in [5.41, 5.74) is 24.8. The quantitative estimate of drug-likeness (QED) is 0.0218. The second-order valence-electron chi connectivity index (χ2n) is 27.5. The van der Waals surface area contributed by atoms with Gasteiger partial charge in [0, 0.05) is 136 Å². The third-order valence-corrected chi connectivity index (χ3v) is 15.5. The number of aromatic nitrogens is 11. The average molecular weight is 1330 g/mol. The molecular formula is C71H105FN16O2S3. The Hall–Kier alpha value is -7.42. The molecule has 506 valence electrons. The van der Waals surface area contributed by atoms with Gasteiger partial charge in [-0.05, 0) is 65.0 Å². The van der Waals surface area contributed by atoms with E-state index in [-0.39, 0.29) is 51.0 Å². The maximum absolute atomic E-state index is 14.7. The molecule has 18 nitrogen and oxygen atoms in total. The van der Waals surface area contributed by atoms with Crippen LogP contribution in [0.4, 0.5) is 10.2 Å². The second-order valence-corrected chi connectivity index (χ2v) is 29.6. The van der Waals surface area contributed by atoms with E-state index >= 15 is 0 Å². The minimum absolute atomic E-state index is 0.0102. The van der Waals surface area contributed by atoms with Gasteiger partial charge in [0.25, 0.3) is 6.54 Å². The van der Waals surface area contributed by atoms with Crippen LogP contribution in [0.5, 0.6) is 0 Å². The molecule has 0 aliphatic heterocycles. The number of thiazole rings is 1. The number of benzene rings is 2. The molecule has 0 bridgehead atoms. The number of aryl methyl sites for hydroxylation is 5. The highest BCUT2D eigenvalue weighted by molar-refractivity contribution is 7.80. The standard InChI is InChI=1S/C23H26FN5S.C19H24N2OS.C11H19N3S.C9H17N3.C7H11NO.C2H8N2/c1-6-29-17(10-21(27-29)23(3,4)5)11-22-26-19(13-30-22)16-7-8-20(18(24)9-16)28-12-15(2)25-14-28;1-5-21-15(12-18(20-21)19(2,3)4)11-16(23)13-17(22)14-9-7-6-8-10-14;1-5-14-8(7-10(12)15)6-9(13-14)11(2,3)4;1-5-12-8(10)6-7(11-12)9(2,3)4;1-7(2,3)6(9)5-8-4;1-2-4-3/h7-10,12-14H,6,11H2,1-5H3;6-10,12H,5,11,13H2,1-4H3;6H,5,7H2,1-4H3,(H2,12,15);6H,5,10H2,1-4H3;5H2,1-3H3;4H,2-3H2,1H3. The van der Waals surface area contributed by atoms with Crippen molar-refractivity contribution in [3.63, 3.8) is 0 Å². The summed E-state index contributed by atoms with van der Waals surface area (Å²) in [5.74, 6) is 5.33. The maximum atomic E-state index is 14.7. The van der Waals surface area contributed by atoms with Gasteiger partial charge in [-0.25, -0.2) is 20.9 Å². The molecule has 0 amide bonds. The van der Waals surface area contributed by atoms with Crippen molar-refractivity contribution in [2.75, 3.05) is 18.8 Å². The summed E-state index contributed by atoms with van der Waals surface area (Å²) >= 11 is 12.0. The Kier molecular flexibility index (Phi) is 30.7. The number of halogens is 1. The number of Topliss-reactive ketones (excluding diaryl/α,β-unsaturated/α-hetero) is 2. The molecule has 2 aromatic carbocycles. The number of rotatable bonds is 17. The van der Waals surface area contributed by atoms with Crippen LogP contribution < -0.4 is 22.7 Å². The molecule has 0 saturated carbocycles. The number of carbonyl (C=O) groups is 2. The van der Waals surface area contributed by atoms with Crippen LogP contribution in [0.2, 0.25) is 0 Å². The van der Waals surface area contributed by atoms with E-state index in [1.165, 1.54) is 6.07 Å². The van der Waals surface area contributed by atoms with Crippen molar-refractivity contribution in [2.24, 2.45) is 17.0 Å². The first-order chi connectivity index (χ1) is 43.2. The van der Waals surface area contributed by atoms with Gasteiger partial charge < -0.3 is 20.9 Å².